The van der Waals surface area contributed by atoms with Crippen LogP contribution in [0.25, 0.3) is 11.1 Å². The minimum atomic E-state index is -1.26. The first-order valence-electron chi connectivity index (χ1n) is 22.3. The largest absolute Gasteiger partial charge is 0.446 e. The molecule has 8 atom stereocenters. The predicted octanol–water partition coefficient (Wildman–Crippen LogP) is 10.7. The summed E-state index contributed by atoms with van der Waals surface area (Å²) in [5.74, 6) is 0.981. The summed E-state index contributed by atoms with van der Waals surface area (Å²) in [5, 5.41) is 24.5. The number of aliphatic hydroxyl groups excluding tert-OH is 1. The van der Waals surface area contributed by atoms with Gasteiger partial charge in [-0.25, -0.2) is 4.79 Å². The van der Waals surface area contributed by atoms with Crippen LogP contribution in [0, 0.1) is 23.2 Å². The highest BCUT2D eigenvalue weighted by Crippen LogP contribution is 2.59. The molecule has 7 nitrogen and oxygen atoms in total. The van der Waals surface area contributed by atoms with Gasteiger partial charge in [-0.1, -0.05) is 112 Å². The Bertz CT molecular complexity index is 1920. The fourth-order valence-corrected chi connectivity index (χ4v) is 10.9. The van der Waals surface area contributed by atoms with Crippen molar-refractivity contribution in [3.05, 3.63) is 107 Å². The maximum atomic E-state index is 15.1. The Labute approximate surface area is 347 Å². The molecule has 1 aliphatic heterocycles. The van der Waals surface area contributed by atoms with Crippen molar-refractivity contribution in [2.45, 2.75) is 141 Å². The number of amides is 1. The molecule has 7 heteroatoms. The summed E-state index contributed by atoms with van der Waals surface area (Å²) in [6.07, 6.45) is 10.4. The average Bonchev–Trinajstić information content (AvgIpc) is 3.81. The zero-order valence-electron chi connectivity index (χ0n) is 35.6. The lowest BCUT2D eigenvalue weighted by atomic mass is 9.64. The number of carbonyl (C=O) groups excluding carboxylic acids is 2. The van der Waals surface area contributed by atoms with Gasteiger partial charge in [0.25, 0.3) is 0 Å². The third kappa shape index (κ3) is 9.17. The molecule has 8 rings (SSSR count). The predicted molar refractivity (Wildman–Crippen MR) is 231 cm³/mol. The minimum absolute atomic E-state index is 0.0589. The van der Waals surface area contributed by atoms with E-state index in [1.807, 2.05) is 60.7 Å². The van der Waals surface area contributed by atoms with E-state index in [-0.39, 0.29) is 36.5 Å². The van der Waals surface area contributed by atoms with E-state index in [9.17, 15) is 15.0 Å². The molecule has 1 heterocycles. The fraction of sp³-hybridized carbons (Fsp3) is 0.569. The van der Waals surface area contributed by atoms with Gasteiger partial charge in [0.15, 0.2) is 5.78 Å². The Hall–Kier alpha value is -3.78. The molecule has 3 fully saturated rings. The van der Waals surface area contributed by atoms with Gasteiger partial charge in [0.2, 0.25) is 0 Å². The maximum absolute atomic E-state index is 15.1. The van der Waals surface area contributed by atoms with Gasteiger partial charge in [-0.3, -0.25) is 4.79 Å². The SMILES string of the molecule is CC1=CCC[C@@]2(C)[C@@H](CC[C@@]2(O)CN(C[C@H]2CCCO2)C(=O)O[C@H]2C[C@@H](C)CC[C@@H]2C(C)C)c2ccc(cc2C(=O)c2ccccc2-c2ccccc2)C[C@@H](O)CC1. The van der Waals surface area contributed by atoms with Crippen LogP contribution < -0.4 is 0 Å². The molecule has 0 radical (unpaired) electrons. The van der Waals surface area contributed by atoms with Crippen LogP contribution in [0.3, 0.4) is 0 Å². The fourth-order valence-electron chi connectivity index (χ4n) is 10.9. The first-order chi connectivity index (χ1) is 27.8. The van der Waals surface area contributed by atoms with Gasteiger partial charge < -0.3 is 24.6 Å². The number of benzene rings is 3. The van der Waals surface area contributed by atoms with E-state index < -0.39 is 17.1 Å². The van der Waals surface area contributed by atoms with Crippen LogP contribution in [-0.2, 0) is 15.9 Å². The van der Waals surface area contributed by atoms with Crippen LogP contribution in [0.1, 0.15) is 138 Å². The second-order valence-corrected chi connectivity index (χ2v) is 19.0. The molecule has 58 heavy (non-hydrogen) atoms. The summed E-state index contributed by atoms with van der Waals surface area (Å²) in [7, 11) is 0. The zero-order chi connectivity index (χ0) is 41.0. The van der Waals surface area contributed by atoms with Crippen molar-refractivity contribution in [3.63, 3.8) is 0 Å². The summed E-state index contributed by atoms with van der Waals surface area (Å²) in [5.41, 5.74) is 4.22. The van der Waals surface area contributed by atoms with Crippen LogP contribution >= 0.6 is 0 Å². The molecule has 3 aromatic rings. The Morgan fingerprint density at radius 1 is 0.948 bits per heavy atom. The lowest BCUT2D eigenvalue weighted by Gasteiger charge is -2.46. The van der Waals surface area contributed by atoms with E-state index in [2.05, 4.69) is 52.8 Å². The third-order valence-electron chi connectivity index (χ3n) is 14.5. The highest BCUT2D eigenvalue weighted by Gasteiger charge is 2.58. The summed E-state index contributed by atoms with van der Waals surface area (Å²) in [6, 6.07) is 24.0. The first kappa shape index (κ1) is 42.3. The summed E-state index contributed by atoms with van der Waals surface area (Å²) in [6.45, 7) is 12.2. The Morgan fingerprint density at radius 3 is 2.48 bits per heavy atom. The quantitative estimate of drug-likeness (QED) is 0.166. The van der Waals surface area contributed by atoms with Gasteiger partial charge in [0, 0.05) is 23.1 Å². The molecule has 2 bridgehead atoms. The number of allylic oxidation sites excluding steroid dienone is 2. The van der Waals surface area contributed by atoms with Crippen molar-refractivity contribution in [3.8, 4) is 11.1 Å². The average molecular weight is 790 g/mol. The Kier molecular flexibility index (Phi) is 13.3. The van der Waals surface area contributed by atoms with Gasteiger partial charge in [-0.2, -0.15) is 0 Å². The van der Waals surface area contributed by atoms with Gasteiger partial charge in [-0.15, -0.1) is 0 Å². The molecule has 1 amide bonds. The van der Waals surface area contributed by atoms with Gasteiger partial charge in [0.1, 0.15) is 6.10 Å². The van der Waals surface area contributed by atoms with Crippen molar-refractivity contribution in [2.75, 3.05) is 19.7 Å². The van der Waals surface area contributed by atoms with Crippen molar-refractivity contribution >= 4 is 11.9 Å². The number of rotatable bonds is 9. The topological polar surface area (TPSA) is 96.3 Å². The van der Waals surface area contributed by atoms with Crippen LogP contribution in [-0.4, -0.2) is 70.6 Å². The number of aliphatic hydroxyl groups is 2. The van der Waals surface area contributed by atoms with Crippen molar-refractivity contribution in [1.82, 2.24) is 4.90 Å². The number of fused-ring (bicyclic) bond motifs is 8. The van der Waals surface area contributed by atoms with E-state index in [0.29, 0.717) is 74.1 Å². The molecule has 2 saturated carbocycles. The van der Waals surface area contributed by atoms with Crippen LogP contribution in [0.5, 0.6) is 0 Å². The van der Waals surface area contributed by atoms with Crippen LogP contribution in [0.4, 0.5) is 4.79 Å². The van der Waals surface area contributed by atoms with Crippen molar-refractivity contribution in [2.24, 2.45) is 23.2 Å². The number of nitrogens with zero attached hydrogens (tertiary/aromatic N) is 1. The molecular weight excluding hydrogens is 723 g/mol. The van der Waals surface area contributed by atoms with E-state index in [0.717, 1.165) is 67.2 Å². The van der Waals surface area contributed by atoms with Gasteiger partial charge in [0.05, 0.1) is 30.9 Å². The summed E-state index contributed by atoms with van der Waals surface area (Å²) >= 11 is 0. The molecule has 0 aromatic heterocycles. The molecule has 312 valence electrons. The molecule has 0 unspecified atom stereocenters. The molecule has 5 aliphatic rings. The summed E-state index contributed by atoms with van der Waals surface area (Å²) < 4.78 is 12.6. The van der Waals surface area contributed by atoms with E-state index in [1.165, 1.54) is 5.57 Å². The number of carbonyl (C=O) groups is 2. The van der Waals surface area contributed by atoms with E-state index >= 15 is 4.79 Å². The van der Waals surface area contributed by atoms with Crippen molar-refractivity contribution < 1.29 is 29.3 Å². The molecule has 3 aromatic carbocycles. The minimum Gasteiger partial charge on any atom is -0.446 e. The molecule has 2 N–H and O–H groups in total. The monoisotopic (exact) mass is 789 g/mol. The first-order valence-corrected chi connectivity index (χ1v) is 22.3. The second-order valence-electron chi connectivity index (χ2n) is 19.0. The number of ketones is 1. The smallest absolute Gasteiger partial charge is 0.410 e. The maximum Gasteiger partial charge on any atom is 0.410 e. The second kappa shape index (κ2) is 18.2. The molecule has 4 aliphatic carbocycles. The van der Waals surface area contributed by atoms with E-state index in [4.69, 9.17) is 9.47 Å². The normalized spacial score (nSPS) is 30.4. The zero-order valence-corrected chi connectivity index (χ0v) is 35.6. The number of hydrogen-bond acceptors (Lipinski definition) is 6. The Morgan fingerprint density at radius 2 is 1.72 bits per heavy atom. The molecule has 1 saturated heterocycles. The molecular formula is C51H67NO6. The Balaban J connectivity index is 1.28. The van der Waals surface area contributed by atoms with E-state index in [1.54, 1.807) is 4.90 Å². The third-order valence-corrected chi connectivity index (χ3v) is 14.5. The van der Waals surface area contributed by atoms with Crippen LogP contribution in [0.2, 0.25) is 0 Å². The number of hydrogen-bond donors (Lipinski definition) is 2. The lowest BCUT2D eigenvalue weighted by molar-refractivity contribution is -0.0908. The van der Waals surface area contributed by atoms with Gasteiger partial charge in [-0.05, 0) is 130 Å². The highest BCUT2D eigenvalue weighted by molar-refractivity contribution is 6.13. The van der Waals surface area contributed by atoms with Crippen molar-refractivity contribution in [1.29, 1.82) is 0 Å². The molecule has 0 spiro atoms. The number of ether oxygens (including phenoxy) is 2. The lowest BCUT2D eigenvalue weighted by Crippen LogP contribution is -2.55. The highest BCUT2D eigenvalue weighted by atomic mass is 16.6. The standard InChI is InChI=1S/C51H67NO6/c1-34(2)41-23-20-36(4)29-47(41)58-49(55)52(32-40-16-12-28-57-40)33-51(56)27-25-46-43-24-21-37(30-39(53)22-19-35(3)13-11-26-50(46,51)5)31-45(43)48(54)44-18-10-9-17-42(44)38-14-7-6-8-15-38/h6-10,13-15,17-18,21,24,31,34,36,39-41,46-47,53,56H,11-12,16,19-20,22-23,25-30,32-33H2,1-5H3/t36-,39-,40+,41+,46-,47-,50-,51+/m0/s1. The van der Waals surface area contributed by atoms with Gasteiger partial charge >= 0.3 is 6.09 Å². The summed E-state index contributed by atoms with van der Waals surface area (Å²) in [4.78, 5) is 31.4. The van der Waals surface area contributed by atoms with Crippen LogP contribution in [0.15, 0.2) is 84.4 Å².